The molecule has 2 aromatic rings. The van der Waals surface area contributed by atoms with Crippen LogP contribution >= 0.6 is 0 Å². The Kier molecular flexibility index (Phi) is 4.91. The molecule has 0 saturated carbocycles. The summed E-state index contributed by atoms with van der Waals surface area (Å²) in [5.74, 6) is -1.35. The van der Waals surface area contributed by atoms with E-state index < -0.39 is 12.0 Å². The second-order valence-corrected chi connectivity index (χ2v) is 5.08. The molecule has 0 unspecified atom stereocenters. The van der Waals surface area contributed by atoms with E-state index in [-0.39, 0.29) is 24.4 Å². The highest BCUT2D eigenvalue weighted by Gasteiger charge is 2.18. The second-order valence-electron chi connectivity index (χ2n) is 5.08. The maximum absolute atomic E-state index is 12.4. The molecule has 4 N–H and O–H groups in total. The number of phenolic OH excluding ortho intramolecular Hbond substituents is 1. The van der Waals surface area contributed by atoms with Gasteiger partial charge in [0.15, 0.2) is 5.78 Å². The van der Waals surface area contributed by atoms with Gasteiger partial charge in [-0.1, -0.05) is 36.4 Å². The zero-order valence-corrected chi connectivity index (χ0v) is 11.9. The third-order valence-corrected chi connectivity index (χ3v) is 3.36. The molecule has 0 aromatic heterocycles. The van der Waals surface area contributed by atoms with Crippen LogP contribution in [0.5, 0.6) is 5.75 Å². The number of ketones is 1. The first-order valence-corrected chi connectivity index (χ1v) is 6.85. The molecule has 0 aliphatic heterocycles. The molecular weight excluding hydrogens is 282 g/mol. The topological polar surface area (TPSA) is 101 Å². The van der Waals surface area contributed by atoms with Crippen LogP contribution in [-0.2, 0) is 17.6 Å². The summed E-state index contributed by atoms with van der Waals surface area (Å²) in [6.45, 7) is 0. The van der Waals surface area contributed by atoms with Crippen molar-refractivity contribution in [2.75, 3.05) is 0 Å². The van der Waals surface area contributed by atoms with E-state index >= 15 is 0 Å². The Hall–Kier alpha value is -2.66. The Balaban J connectivity index is 2.26. The van der Waals surface area contributed by atoms with E-state index in [1.165, 1.54) is 18.2 Å². The third-order valence-electron chi connectivity index (χ3n) is 3.36. The fourth-order valence-electron chi connectivity index (χ4n) is 2.20. The van der Waals surface area contributed by atoms with Gasteiger partial charge in [-0.25, -0.2) is 0 Å². The second kappa shape index (κ2) is 6.87. The van der Waals surface area contributed by atoms with Crippen molar-refractivity contribution in [3.05, 3.63) is 65.2 Å². The van der Waals surface area contributed by atoms with Gasteiger partial charge in [0.05, 0.1) is 0 Å². The number of carboxylic acid groups (broad SMARTS) is 1. The van der Waals surface area contributed by atoms with E-state index in [0.29, 0.717) is 11.1 Å². The number of hydrogen-bond acceptors (Lipinski definition) is 4. The lowest BCUT2D eigenvalue weighted by molar-refractivity contribution is -0.138. The number of phenols is 1. The van der Waals surface area contributed by atoms with E-state index in [0.717, 1.165) is 5.56 Å². The van der Waals surface area contributed by atoms with E-state index in [1.54, 1.807) is 0 Å². The summed E-state index contributed by atoms with van der Waals surface area (Å²) in [5, 5.41) is 18.5. The standard InChI is InChI=1S/C17H17NO4/c18-15(17(21)22)9-12-6-7-13(19)10-14(12)16(20)8-11-4-2-1-3-5-11/h1-7,10,15,19H,8-9,18H2,(H,21,22)/t15-/m0/s1. The molecule has 2 rings (SSSR count). The van der Waals surface area contributed by atoms with Gasteiger partial charge in [0.1, 0.15) is 11.8 Å². The number of aliphatic carboxylic acids is 1. The maximum atomic E-state index is 12.4. The predicted molar refractivity (Wildman–Crippen MR) is 81.9 cm³/mol. The Morgan fingerprint density at radius 3 is 2.41 bits per heavy atom. The zero-order valence-electron chi connectivity index (χ0n) is 11.9. The molecule has 5 nitrogen and oxygen atoms in total. The minimum absolute atomic E-state index is 0.0332. The van der Waals surface area contributed by atoms with Gasteiger partial charge in [0.2, 0.25) is 0 Å². The van der Waals surface area contributed by atoms with E-state index in [4.69, 9.17) is 10.8 Å². The quantitative estimate of drug-likeness (QED) is 0.706. The normalized spacial score (nSPS) is 11.9. The van der Waals surface area contributed by atoms with Gasteiger partial charge in [0, 0.05) is 12.0 Å². The van der Waals surface area contributed by atoms with Crippen molar-refractivity contribution in [1.82, 2.24) is 0 Å². The molecule has 2 aromatic carbocycles. The van der Waals surface area contributed by atoms with E-state index in [1.807, 2.05) is 30.3 Å². The molecule has 0 bridgehead atoms. The van der Waals surface area contributed by atoms with Crippen LogP contribution in [0.1, 0.15) is 21.5 Å². The number of aromatic hydroxyl groups is 1. The number of rotatable bonds is 6. The predicted octanol–water partition coefficient (Wildman–Crippen LogP) is 1.77. The molecule has 22 heavy (non-hydrogen) atoms. The molecule has 0 aliphatic rings. The van der Waals surface area contributed by atoms with Crippen molar-refractivity contribution in [2.45, 2.75) is 18.9 Å². The largest absolute Gasteiger partial charge is 0.508 e. The Bertz CT molecular complexity index is 682. The lowest BCUT2D eigenvalue weighted by Gasteiger charge is -2.12. The van der Waals surface area contributed by atoms with Crippen LogP contribution in [0.3, 0.4) is 0 Å². The average molecular weight is 299 g/mol. The maximum Gasteiger partial charge on any atom is 0.320 e. The molecule has 0 saturated heterocycles. The Labute approximate surface area is 128 Å². The number of carbonyl (C=O) groups excluding carboxylic acids is 1. The minimum Gasteiger partial charge on any atom is -0.508 e. The van der Waals surface area contributed by atoms with Gasteiger partial charge in [-0.2, -0.15) is 0 Å². The fraction of sp³-hybridized carbons (Fsp3) is 0.176. The van der Waals surface area contributed by atoms with Gasteiger partial charge >= 0.3 is 5.97 Å². The van der Waals surface area contributed by atoms with Gasteiger partial charge < -0.3 is 15.9 Å². The van der Waals surface area contributed by atoms with Crippen LogP contribution in [0.2, 0.25) is 0 Å². The summed E-state index contributed by atoms with van der Waals surface area (Å²) >= 11 is 0. The molecule has 5 heteroatoms. The Morgan fingerprint density at radius 1 is 1.09 bits per heavy atom. The SMILES string of the molecule is N[C@@H](Cc1ccc(O)cc1C(=O)Cc1ccccc1)C(=O)O. The number of Topliss-reactive ketones (excluding diaryl/α,β-unsaturated/α-hetero) is 1. The Morgan fingerprint density at radius 2 is 1.77 bits per heavy atom. The molecular formula is C17H17NO4. The number of hydrogen-bond donors (Lipinski definition) is 3. The summed E-state index contributed by atoms with van der Waals surface area (Å²) in [6, 6.07) is 12.4. The average Bonchev–Trinajstić information content (AvgIpc) is 2.49. The molecule has 0 radical (unpaired) electrons. The molecule has 114 valence electrons. The summed E-state index contributed by atoms with van der Waals surface area (Å²) in [7, 11) is 0. The van der Waals surface area contributed by atoms with Gasteiger partial charge in [-0.3, -0.25) is 9.59 Å². The van der Waals surface area contributed by atoms with Gasteiger partial charge in [-0.15, -0.1) is 0 Å². The van der Waals surface area contributed by atoms with Crippen molar-refractivity contribution in [1.29, 1.82) is 0 Å². The first-order chi connectivity index (χ1) is 10.5. The molecule has 0 aliphatic carbocycles. The van der Waals surface area contributed by atoms with Crippen molar-refractivity contribution in [2.24, 2.45) is 5.73 Å². The highest BCUT2D eigenvalue weighted by Crippen LogP contribution is 2.20. The highest BCUT2D eigenvalue weighted by atomic mass is 16.4. The van der Waals surface area contributed by atoms with E-state index in [9.17, 15) is 14.7 Å². The molecule has 0 fully saturated rings. The van der Waals surface area contributed by atoms with Crippen LogP contribution in [0.15, 0.2) is 48.5 Å². The van der Waals surface area contributed by atoms with Crippen LogP contribution < -0.4 is 5.73 Å². The number of carbonyl (C=O) groups is 2. The summed E-state index contributed by atoms with van der Waals surface area (Å²) in [4.78, 5) is 23.3. The van der Waals surface area contributed by atoms with Crippen molar-refractivity contribution in [3.63, 3.8) is 0 Å². The minimum atomic E-state index is -1.13. The molecule has 0 amide bonds. The summed E-state index contributed by atoms with van der Waals surface area (Å²) < 4.78 is 0. The number of nitrogens with two attached hydrogens (primary N) is 1. The van der Waals surface area contributed by atoms with Crippen LogP contribution in [0.25, 0.3) is 0 Å². The zero-order chi connectivity index (χ0) is 16.1. The first-order valence-electron chi connectivity index (χ1n) is 6.85. The van der Waals surface area contributed by atoms with Gasteiger partial charge in [-0.05, 0) is 29.7 Å². The van der Waals surface area contributed by atoms with E-state index in [2.05, 4.69) is 0 Å². The first kappa shape index (κ1) is 15.7. The molecule has 0 heterocycles. The van der Waals surface area contributed by atoms with Crippen LogP contribution in [0.4, 0.5) is 0 Å². The highest BCUT2D eigenvalue weighted by molar-refractivity contribution is 5.99. The summed E-state index contributed by atoms with van der Waals surface area (Å²) in [5.41, 5.74) is 7.21. The summed E-state index contributed by atoms with van der Waals surface area (Å²) in [6.07, 6.45) is 0.213. The third kappa shape index (κ3) is 3.93. The monoisotopic (exact) mass is 299 g/mol. The molecule has 0 spiro atoms. The van der Waals surface area contributed by atoms with Crippen molar-refractivity contribution < 1.29 is 19.8 Å². The van der Waals surface area contributed by atoms with Crippen molar-refractivity contribution in [3.8, 4) is 5.75 Å². The smallest absolute Gasteiger partial charge is 0.320 e. The van der Waals surface area contributed by atoms with Crippen LogP contribution in [0, 0.1) is 0 Å². The lowest BCUT2D eigenvalue weighted by atomic mass is 9.94. The number of benzene rings is 2. The fourth-order valence-corrected chi connectivity index (χ4v) is 2.20. The number of carboxylic acids is 1. The lowest BCUT2D eigenvalue weighted by Crippen LogP contribution is -2.32. The van der Waals surface area contributed by atoms with Gasteiger partial charge in [0.25, 0.3) is 0 Å². The molecule has 1 atom stereocenters. The van der Waals surface area contributed by atoms with Crippen LogP contribution in [-0.4, -0.2) is 28.0 Å². The van der Waals surface area contributed by atoms with Crippen molar-refractivity contribution >= 4 is 11.8 Å².